The van der Waals surface area contributed by atoms with Gasteiger partial charge in [0.25, 0.3) is 5.89 Å². The van der Waals surface area contributed by atoms with E-state index in [1.807, 2.05) is 36.4 Å². The van der Waals surface area contributed by atoms with Gasteiger partial charge in [0.2, 0.25) is 5.82 Å². The lowest BCUT2D eigenvalue weighted by Gasteiger charge is -2.07. The fraction of sp³-hybridized carbons (Fsp3) is 0.0476. The van der Waals surface area contributed by atoms with E-state index in [1.165, 1.54) is 12.1 Å². The molecule has 0 aliphatic carbocycles. The number of ether oxygens (including phenoxy) is 1. The molecule has 4 nitrogen and oxygen atoms in total. The Balaban J connectivity index is 1.51. The van der Waals surface area contributed by atoms with Crippen molar-refractivity contribution in [3.63, 3.8) is 0 Å². The van der Waals surface area contributed by atoms with Gasteiger partial charge in [-0.3, -0.25) is 0 Å². The first-order chi connectivity index (χ1) is 13.2. The highest BCUT2D eigenvalue weighted by Crippen LogP contribution is 2.24. The molecule has 0 aliphatic rings. The van der Waals surface area contributed by atoms with Crippen LogP contribution in [0.4, 0.5) is 4.39 Å². The van der Waals surface area contributed by atoms with Crippen LogP contribution in [0, 0.1) is 5.82 Å². The van der Waals surface area contributed by atoms with Gasteiger partial charge in [-0.05, 0) is 60.2 Å². The van der Waals surface area contributed by atoms with Crippen LogP contribution in [0.25, 0.3) is 22.8 Å². The molecule has 0 aliphatic heterocycles. The molecule has 4 rings (SSSR count). The van der Waals surface area contributed by atoms with Crippen molar-refractivity contribution in [3.05, 3.63) is 89.2 Å². The summed E-state index contributed by atoms with van der Waals surface area (Å²) >= 11 is 5.96. The van der Waals surface area contributed by atoms with Gasteiger partial charge in [-0.25, -0.2) is 4.39 Å². The number of aromatic nitrogens is 2. The predicted octanol–water partition coefficient (Wildman–Crippen LogP) is 5.78. The highest BCUT2D eigenvalue weighted by Gasteiger charge is 2.11. The maximum absolute atomic E-state index is 13.1. The SMILES string of the molecule is Fc1ccc(-c2noc(-c3cccc(COc4cccc(Cl)c4)c3)n2)cc1. The number of nitrogens with zero attached hydrogens (tertiary/aromatic N) is 2. The molecule has 0 amide bonds. The topological polar surface area (TPSA) is 48.2 Å². The monoisotopic (exact) mass is 380 g/mol. The first-order valence-electron chi connectivity index (χ1n) is 8.25. The quantitative estimate of drug-likeness (QED) is 0.440. The Bertz CT molecular complexity index is 1060. The predicted molar refractivity (Wildman–Crippen MR) is 101 cm³/mol. The number of hydrogen-bond acceptors (Lipinski definition) is 4. The molecule has 27 heavy (non-hydrogen) atoms. The third-order valence-electron chi connectivity index (χ3n) is 3.90. The number of halogens is 2. The van der Waals surface area contributed by atoms with Gasteiger partial charge in [0.15, 0.2) is 0 Å². The van der Waals surface area contributed by atoms with Crippen LogP contribution in [-0.2, 0) is 6.61 Å². The van der Waals surface area contributed by atoms with Crippen LogP contribution in [-0.4, -0.2) is 10.1 Å². The van der Waals surface area contributed by atoms with Crippen molar-refractivity contribution in [1.82, 2.24) is 10.1 Å². The Morgan fingerprint density at radius 1 is 0.926 bits per heavy atom. The van der Waals surface area contributed by atoms with Gasteiger partial charge in [0.05, 0.1) is 0 Å². The van der Waals surface area contributed by atoms with E-state index < -0.39 is 0 Å². The molecule has 1 heterocycles. The Kier molecular flexibility index (Phi) is 4.85. The molecular weight excluding hydrogens is 367 g/mol. The summed E-state index contributed by atoms with van der Waals surface area (Å²) in [6.07, 6.45) is 0. The lowest BCUT2D eigenvalue weighted by atomic mass is 10.1. The molecule has 0 bridgehead atoms. The van der Waals surface area contributed by atoms with Crippen molar-refractivity contribution >= 4 is 11.6 Å². The highest BCUT2D eigenvalue weighted by atomic mass is 35.5. The Hall–Kier alpha value is -3.18. The Morgan fingerprint density at radius 2 is 1.74 bits per heavy atom. The highest BCUT2D eigenvalue weighted by molar-refractivity contribution is 6.30. The molecule has 134 valence electrons. The summed E-state index contributed by atoms with van der Waals surface area (Å²) in [5, 5.41) is 4.60. The summed E-state index contributed by atoms with van der Waals surface area (Å²) in [7, 11) is 0. The van der Waals surface area contributed by atoms with E-state index in [2.05, 4.69) is 10.1 Å². The van der Waals surface area contributed by atoms with Crippen LogP contribution in [0.2, 0.25) is 5.02 Å². The molecule has 0 saturated heterocycles. The largest absolute Gasteiger partial charge is 0.489 e. The van der Waals surface area contributed by atoms with Gasteiger partial charge in [-0.15, -0.1) is 0 Å². The van der Waals surface area contributed by atoms with E-state index in [0.717, 1.165) is 11.1 Å². The second-order valence-corrected chi connectivity index (χ2v) is 6.31. The van der Waals surface area contributed by atoms with Crippen molar-refractivity contribution in [3.8, 4) is 28.6 Å². The average molecular weight is 381 g/mol. The molecular formula is C21H14ClFN2O2. The number of rotatable bonds is 5. The second kappa shape index (κ2) is 7.60. The van der Waals surface area contributed by atoms with Gasteiger partial charge >= 0.3 is 0 Å². The van der Waals surface area contributed by atoms with Crippen LogP contribution in [0.15, 0.2) is 77.3 Å². The van der Waals surface area contributed by atoms with E-state index in [1.54, 1.807) is 24.3 Å². The van der Waals surface area contributed by atoms with Crippen LogP contribution in [0.5, 0.6) is 5.75 Å². The van der Waals surface area contributed by atoms with Crippen LogP contribution in [0.3, 0.4) is 0 Å². The summed E-state index contributed by atoms with van der Waals surface area (Å²) in [4.78, 5) is 4.39. The summed E-state index contributed by atoms with van der Waals surface area (Å²) < 4.78 is 24.2. The minimum Gasteiger partial charge on any atom is -0.489 e. The molecule has 0 radical (unpaired) electrons. The summed E-state index contributed by atoms with van der Waals surface area (Å²) in [5.41, 5.74) is 2.42. The second-order valence-electron chi connectivity index (χ2n) is 5.88. The number of hydrogen-bond donors (Lipinski definition) is 0. The zero-order chi connectivity index (χ0) is 18.6. The van der Waals surface area contributed by atoms with E-state index >= 15 is 0 Å². The molecule has 0 spiro atoms. The minimum atomic E-state index is -0.310. The fourth-order valence-electron chi connectivity index (χ4n) is 2.57. The molecule has 0 N–H and O–H groups in total. The lowest BCUT2D eigenvalue weighted by molar-refractivity contribution is 0.306. The summed E-state index contributed by atoms with van der Waals surface area (Å²) in [5.74, 6) is 1.18. The van der Waals surface area contributed by atoms with Crippen LogP contribution >= 0.6 is 11.6 Å². The van der Waals surface area contributed by atoms with Gasteiger partial charge in [-0.1, -0.05) is 35.0 Å². The molecule has 1 aromatic heterocycles. The first-order valence-corrected chi connectivity index (χ1v) is 8.62. The summed E-state index contributed by atoms with van der Waals surface area (Å²) in [6, 6.07) is 20.8. The van der Waals surface area contributed by atoms with Crippen molar-refractivity contribution in [2.24, 2.45) is 0 Å². The molecule has 0 atom stereocenters. The molecule has 0 unspecified atom stereocenters. The Labute approximate surface area is 160 Å². The van der Waals surface area contributed by atoms with Crippen LogP contribution < -0.4 is 4.74 Å². The van der Waals surface area contributed by atoms with Crippen molar-refractivity contribution < 1.29 is 13.7 Å². The van der Waals surface area contributed by atoms with Crippen molar-refractivity contribution in [2.45, 2.75) is 6.61 Å². The van der Waals surface area contributed by atoms with E-state index in [9.17, 15) is 4.39 Å². The first kappa shape index (κ1) is 17.2. The zero-order valence-electron chi connectivity index (χ0n) is 14.1. The van der Waals surface area contributed by atoms with Gasteiger partial charge in [-0.2, -0.15) is 4.98 Å². The van der Waals surface area contributed by atoms with Gasteiger partial charge in [0.1, 0.15) is 18.2 Å². The Morgan fingerprint density at radius 3 is 2.56 bits per heavy atom. The van der Waals surface area contributed by atoms with Crippen molar-refractivity contribution in [1.29, 1.82) is 0 Å². The van der Waals surface area contributed by atoms with E-state index in [-0.39, 0.29) is 5.82 Å². The third-order valence-corrected chi connectivity index (χ3v) is 4.14. The van der Waals surface area contributed by atoms with Gasteiger partial charge < -0.3 is 9.26 Å². The molecule has 6 heteroatoms. The van der Waals surface area contributed by atoms with Gasteiger partial charge in [0, 0.05) is 16.1 Å². The smallest absolute Gasteiger partial charge is 0.258 e. The molecule has 0 fully saturated rings. The van der Waals surface area contributed by atoms with E-state index in [4.69, 9.17) is 20.9 Å². The molecule has 3 aromatic carbocycles. The number of benzene rings is 3. The maximum atomic E-state index is 13.1. The molecule has 4 aromatic rings. The maximum Gasteiger partial charge on any atom is 0.258 e. The lowest BCUT2D eigenvalue weighted by Crippen LogP contribution is -1.95. The standard InChI is InChI=1S/C21H14ClFN2O2/c22-17-5-2-6-19(12-17)26-13-14-3-1-4-16(11-14)21-24-20(25-27-21)15-7-9-18(23)10-8-15/h1-12H,13H2. The third kappa shape index (κ3) is 4.15. The fourth-order valence-corrected chi connectivity index (χ4v) is 2.75. The van der Waals surface area contributed by atoms with Crippen LogP contribution in [0.1, 0.15) is 5.56 Å². The normalized spacial score (nSPS) is 10.7. The average Bonchev–Trinajstić information content (AvgIpc) is 3.18. The summed E-state index contributed by atoms with van der Waals surface area (Å²) in [6.45, 7) is 0.382. The molecule has 0 saturated carbocycles. The van der Waals surface area contributed by atoms with Crippen molar-refractivity contribution in [2.75, 3.05) is 0 Å². The zero-order valence-corrected chi connectivity index (χ0v) is 14.9. The van der Waals surface area contributed by atoms with E-state index in [0.29, 0.717) is 34.7 Å². The minimum absolute atomic E-state index is 0.310.